The third-order valence-electron chi connectivity index (χ3n) is 1.96. The van der Waals surface area contributed by atoms with E-state index < -0.39 is 6.67 Å². The standard InChI is InChI=1S/C12H18FNO/c1-10(2)14-9-11-4-3-5-12(8-11)15-7-6-13/h3-5,8,10,14H,6-7,9H2,1-2H3. The molecule has 2 nitrogen and oxygen atoms in total. The molecule has 0 spiro atoms. The number of nitrogens with one attached hydrogen (secondary N) is 1. The lowest BCUT2D eigenvalue weighted by atomic mass is 10.2. The van der Waals surface area contributed by atoms with Crippen LogP contribution in [0, 0.1) is 0 Å². The lowest BCUT2D eigenvalue weighted by molar-refractivity contribution is 0.273. The van der Waals surface area contributed by atoms with Crippen molar-refractivity contribution in [3.63, 3.8) is 0 Å². The van der Waals surface area contributed by atoms with E-state index in [4.69, 9.17) is 4.74 Å². The second-order valence-corrected chi connectivity index (χ2v) is 3.72. The first-order valence-electron chi connectivity index (χ1n) is 5.23. The van der Waals surface area contributed by atoms with Gasteiger partial charge in [0.25, 0.3) is 0 Å². The molecule has 0 aromatic heterocycles. The van der Waals surface area contributed by atoms with Gasteiger partial charge in [0.2, 0.25) is 0 Å². The monoisotopic (exact) mass is 211 g/mol. The molecule has 0 bridgehead atoms. The first-order chi connectivity index (χ1) is 7.22. The summed E-state index contributed by atoms with van der Waals surface area (Å²) >= 11 is 0. The first-order valence-corrected chi connectivity index (χ1v) is 5.23. The second kappa shape index (κ2) is 6.40. The van der Waals surface area contributed by atoms with Gasteiger partial charge in [-0.1, -0.05) is 26.0 Å². The molecule has 0 fully saturated rings. The topological polar surface area (TPSA) is 21.3 Å². The molecule has 0 atom stereocenters. The molecule has 0 unspecified atom stereocenters. The summed E-state index contributed by atoms with van der Waals surface area (Å²) < 4.78 is 17.1. The Labute approximate surface area is 90.4 Å². The molecule has 84 valence electrons. The Morgan fingerprint density at radius 2 is 2.20 bits per heavy atom. The Morgan fingerprint density at radius 1 is 1.40 bits per heavy atom. The number of halogens is 1. The van der Waals surface area contributed by atoms with E-state index >= 15 is 0 Å². The van der Waals surface area contributed by atoms with Crippen LogP contribution in [0.25, 0.3) is 0 Å². The van der Waals surface area contributed by atoms with E-state index in [-0.39, 0.29) is 6.61 Å². The van der Waals surface area contributed by atoms with Gasteiger partial charge in [-0.3, -0.25) is 0 Å². The number of hydrogen-bond acceptors (Lipinski definition) is 2. The predicted molar refractivity (Wildman–Crippen MR) is 59.9 cm³/mol. The Balaban J connectivity index is 2.50. The maximum atomic E-state index is 11.9. The Kier molecular flexibility index (Phi) is 5.12. The quantitative estimate of drug-likeness (QED) is 0.780. The average Bonchev–Trinajstić information content (AvgIpc) is 2.24. The van der Waals surface area contributed by atoms with Crippen LogP contribution in [0.5, 0.6) is 5.75 Å². The summed E-state index contributed by atoms with van der Waals surface area (Å²) in [6, 6.07) is 8.18. The fraction of sp³-hybridized carbons (Fsp3) is 0.500. The highest BCUT2D eigenvalue weighted by Crippen LogP contribution is 2.13. The highest BCUT2D eigenvalue weighted by Gasteiger charge is 1.98. The Hall–Kier alpha value is -1.09. The largest absolute Gasteiger partial charge is 0.491 e. The lowest BCUT2D eigenvalue weighted by Gasteiger charge is -2.09. The molecule has 1 aromatic carbocycles. The van der Waals surface area contributed by atoms with Crippen LogP contribution >= 0.6 is 0 Å². The number of alkyl halides is 1. The summed E-state index contributed by atoms with van der Waals surface area (Å²) in [7, 11) is 0. The van der Waals surface area contributed by atoms with Crippen molar-refractivity contribution >= 4 is 0 Å². The Morgan fingerprint density at radius 3 is 2.87 bits per heavy atom. The van der Waals surface area contributed by atoms with Crippen molar-refractivity contribution in [2.75, 3.05) is 13.3 Å². The molecule has 0 aliphatic carbocycles. The third-order valence-corrected chi connectivity index (χ3v) is 1.96. The lowest BCUT2D eigenvalue weighted by Crippen LogP contribution is -2.21. The van der Waals surface area contributed by atoms with E-state index in [9.17, 15) is 4.39 Å². The third kappa shape index (κ3) is 4.79. The van der Waals surface area contributed by atoms with Crippen molar-refractivity contribution in [2.45, 2.75) is 26.4 Å². The molecule has 0 aliphatic heterocycles. The predicted octanol–water partition coefficient (Wildman–Crippen LogP) is 2.53. The molecule has 3 heteroatoms. The van der Waals surface area contributed by atoms with Crippen LogP contribution in [0.1, 0.15) is 19.4 Å². The van der Waals surface area contributed by atoms with Gasteiger partial charge < -0.3 is 10.1 Å². The fourth-order valence-corrected chi connectivity index (χ4v) is 1.22. The minimum atomic E-state index is -0.450. The van der Waals surface area contributed by atoms with Crippen LogP contribution in [-0.2, 0) is 6.54 Å². The van der Waals surface area contributed by atoms with Gasteiger partial charge in [-0.05, 0) is 17.7 Å². The summed E-state index contributed by atoms with van der Waals surface area (Å²) in [4.78, 5) is 0. The van der Waals surface area contributed by atoms with Crippen molar-refractivity contribution < 1.29 is 9.13 Å². The summed E-state index contributed by atoms with van der Waals surface area (Å²) in [5.74, 6) is 0.732. The van der Waals surface area contributed by atoms with E-state index in [0.29, 0.717) is 6.04 Å². The molecular formula is C12H18FNO. The molecule has 0 radical (unpaired) electrons. The molecule has 0 saturated heterocycles. The van der Waals surface area contributed by atoms with Crippen LogP contribution in [0.3, 0.4) is 0 Å². The summed E-state index contributed by atoms with van der Waals surface area (Å²) in [6.45, 7) is 4.69. The van der Waals surface area contributed by atoms with Crippen LogP contribution in [0.2, 0.25) is 0 Å². The molecule has 0 heterocycles. The van der Waals surface area contributed by atoms with E-state index in [2.05, 4.69) is 19.2 Å². The van der Waals surface area contributed by atoms with Gasteiger partial charge in [-0.2, -0.15) is 0 Å². The molecule has 15 heavy (non-hydrogen) atoms. The van der Waals surface area contributed by atoms with Crippen LogP contribution < -0.4 is 10.1 Å². The molecular weight excluding hydrogens is 193 g/mol. The van der Waals surface area contributed by atoms with Crippen LogP contribution in [0.15, 0.2) is 24.3 Å². The average molecular weight is 211 g/mol. The SMILES string of the molecule is CC(C)NCc1cccc(OCCF)c1. The van der Waals surface area contributed by atoms with Gasteiger partial charge in [0, 0.05) is 12.6 Å². The maximum Gasteiger partial charge on any atom is 0.123 e. The minimum Gasteiger partial charge on any atom is -0.491 e. The van der Waals surface area contributed by atoms with E-state index in [1.54, 1.807) is 0 Å². The highest BCUT2D eigenvalue weighted by molar-refractivity contribution is 5.28. The van der Waals surface area contributed by atoms with Gasteiger partial charge in [0.05, 0.1) is 0 Å². The van der Waals surface area contributed by atoms with Crippen LogP contribution in [-0.4, -0.2) is 19.3 Å². The van der Waals surface area contributed by atoms with E-state index in [0.717, 1.165) is 17.9 Å². The second-order valence-electron chi connectivity index (χ2n) is 3.72. The summed E-state index contributed by atoms with van der Waals surface area (Å²) in [5, 5.41) is 3.32. The van der Waals surface area contributed by atoms with E-state index in [1.165, 1.54) is 0 Å². The first kappa shape index (κ1) is 12.0. The summed E-state index contributed by atoms with van der Waals surface area (Å²) in [6.07, 6.45) is 0. The van der Waals surface area contributed by atoms with Crippen molar-refractivity contribution in [1.29, 1.82) is 0 Å². The number of hydrogen-bond donors (Lipinski definition) is 1. The normalized spacial score (nSPS) is 10.7. The zero-order chi connectivity index (χ0) is 11.1. The Bertz CT molecular complexity index is 289. The number of benzene rings is 1. The molecule has 0 amide bonds. The van der Waals surface area contributed by atoms with Gasteiger partial charge in [0.15, 0.2) is 0 Å². The molecule has 1 rings (SSSR count). The minimum absolute atomic E-state index is 0.126. The molecule has 1 N–H and O–H groups in total. The maximum absolute atomic E-state index is 11.9. The van der Waals surface area contributed by atoms with E-state index in [1.807, 2.05) is 24.3 Å². The highest BCUT2D eigenvalue weighted by atomic mass is 19.1. The number of rotatable bonds is 6. The summed E-state index contributed by atoms with van der Waals surface area (Å²) in [5.41, 5.74) is 1.15. The number of ether oxygens (including phenoxy) is 1. The smallest absolute Gasteiger partial charge is 0.123 e. The van der Waals surface area contributed by atoms with Crippen molar-refractivity contribution in [2.24, 2.45) is 0 Å². The van der Waals surface area contributed by atoms with Gasteiger partial charge in [-0.25, -0.2) is 4.39 Å². The van der Waals surface area contributed by atoms with Gasteiger partial charge >= 0.3 is 0 Å². The molecule has 0 aliphatic rings. The van der Waals surface area contributed by atoms with Crippen molar-refractivity contribution in [3.05, 3.63) is 29.8 Å². The van der Waals surface area contributed by atoms with Gasteiger partial charge in [-0.15, -0.1) is 0 Å². The molecule has 1 aromatic rings. The fourth-order valence-electron chi connectivity index (χ4n) is 1.22. The zero-order valence-corrected chi connectivity index (χ0v) is 9.29. The van der Waals surface area contributed by atoms with Crippen LogP contribution in [0.4, 0.5) is 4.39 Å². The van der Waals surface area contributed by atoms with Crippen molar-refractivity contribution in [3.8, 4) is 5.75 Å². The molecule has 0 saturated carbocycles. The van der Waals surface area contributed by atoms with Gasteiger partial charge in [0.1, 0.15) is 19.0 Å². The van der Waals surface area contributed by atoms with Crippen molar-refractivity contribution in [1.82, 2.24) is 5.32 Å². The zero-order valence-electron chi connectivity index (χ0n) is 9.29.